The Labute approximate surface area is 172 Å². The Morgan fingerprint density at radius 1 is 1.21 bits per heavy atom. The molecule has 0 radical (unpaired) electrons. The van der Waals surface area contributed by atoms with E-state index in [1.807, 2.05) is 35.7 Å². The summed E-state index contributed by atoms with van der Waals surface area (Å²) in [6.07, 6.45) is 4.20. The fourth-order valence-electron chi connectivity index (χ4n) is 3.09. The van der Waals surface area contributed by atoms with Gasteiger partial charge in [-0.2, -0.15) is 0 Å². The molecule has 0 saturated heterocycles. The number of fused-ring (bicyclic) bond motifs is 1. The molecule has 3 aromatic rings. The van der Waals surface area contributed by atoms with Crippen LogP contribution >= 0.6 is 11.3 Å². The molecular formula is C22H20N2O4S. The second kappa shape index (κ2) is 8.36. The maximum Gasteiger partial charge on any atom is 0.250 e. The predicted octanol–water partition coefficient (Wildman–Crippen LogP) is 4.41. The average Bonchev–Trinajstić information content (AvgIpc) is 3.40. The molecule has 148 valence electrons. The van der Waals surface area contributed by atoms with Gasteiger partial charge in [-0.3, -0.25) is 10.1 Å². The predicted molar refractivity (Wildman–Crippen MR) is 114 cm³/mol. The van der Waals surface area contributed by atoms with Crippen molar-refractivity contribution in [3.05, 3.63) is 59.0 Å². The summed E-state index contributed by atoms with van der Waals surface area (Å²) in [5.41, 5.74) is 3.70. The molecule has 1 aromatic heterocycles. The van der Waals surface area contributed by atoms with Gasteiger partial charge >= 0.3 is 0 Å². The monoisotopic (exact) mass is 408 g/mol. The van der Waals surface area contributed by atoms with E-state index in [0.29, 0.717) is 23.2 Å². The quantitative estimate of drug-likeness (QED) is 0.612. The molecule has 0 bridgehead atoms. The normalized spacial score (nSPS) is 12.5. The van der Waals surface area contributed by atoms with Crippen LogP contribution in [-0.2, 0) is 11.2 Å². The van der Waals surface area contributed by atoms with Crippen LogP contribution in [0, 0.1) is 0 Å². The highest BCUT2D eigenvalue weighted by molar-refractivity contribution is 7.14. The van der Waals surface area contributed by atoms with Crippen LogP contribution in [-0.4, -0.2) is 31.7 Å². The van der Waals surface area contributed by atoms with E-state index in [-0.39, 0.29) is 5.91 Å². The number of benzene rings is 2. The molecule has 1 aliphatic rings. The largest absolute Gasteiger partial charge is 0.497 e. The summed E-state index contributed by atoms with van der Waals surface area (Å²) >= 11 is 1.36. The van der Waals surface area contributed by atoms with Crippen molar-refractivity contribution in [1.82, 2.24) is 4.98 Å². The third kappa shape index (κ3) is 4.25. The van der Waals surface area contributed by atoms with Crippen molar-refractivity contribution in [2.75, 3.05) is 26.1 Å². The lowest BCUT2D eigenvalue weighted by atomic mass is 10.1. The zero-order valence-corrected chi connectivity index (χ0v) is 16.9. The highest BCUT2D eigenvalue weighted by Crippen LogP contribution is 2.34. The first-order valence-electron chi connectivity index (χ1n) is 9.09. The second-order valence-electron chi connectivity index (χ2n) is 6.39. The number of ether oxygens (including phenoxy) is 3. The van der Waals surface area contributed by atoms with Crippen LogP contribution in [0.3, 0.4) is 0 Å². The first kappa shape index (κ1) is 19.0. The summed E-state index contributed by atoms with van der Waals surface area (Å²) in [6, 6.07) is 11.5. The highest BCUT2D eigenvalue weighted by atomic mass is 32.1. The molecule has 6 nitrogen and oxygen atoms in total. The van der Waals surface area contributed by atoms with Crippen molar-refractivity contribution >= 4 is 28.5 Å². The highest BCUT2D eigenvalue weighted by Gasteiger charge is 2.13. The summed E-state index contributed by atoms with van der Waals surface area (Å²) in [5, 5.41) is 5.21. The molecule has 0 atom stereocenters. The third-order valence-electron chi connectivity index (χ3n) is 4.56. The standard InChI is InChI=1S/C22H20N2O4S/c1-26-16-5-6-17(20(12-16)27-2)18-13-29-22(23-18)24-21(25)8-4-14-3-7-19-15(11-14)9-10-28-19/h3-8,11-13H,9-10H2,1-2H3,(H,23,24,25)/b8-4+. The number of nitrogens with one attached hydrogen (secondary N) is 1. The third-order valence-corrected chi connectivity index (χ3v) is 5.32. The summed E-state index contributed by atoms with van der Waals surface area (Å²) in [4.78, 5) is 16.8. The minimum atomic E-state index is -0.232. The van der Waals surface area contributed by atoms with Crippen LogP contribution in [0.4, 0.5) is 5.13 Å². The molecule has 2 heterocycles. The molecule has 0 saturated carbocycles. The van der Waals surface area contributed by atoms with Crippen LogP contribution < -0.4 is 19.5 Å². The van der Waals surface area contributed by atoms with E-state index in [4.69, 9.17) is 14.2 Å². The number of carbonyl (C=O) groups excluding carboxylic acids is 1. The molecule has 0 fully saturated rings. The van der Waals surface area contributed by atoms with Gasteiger partial charge in [0.1, 0.15) is 17.2 Å². The van der Waals surface area contributed by atoms with E-state index < -0.39 is 0 Å². The van der Waals surface area contributed by atoms with E-state index in [9.17, 15) is 4.79 Å². The summed E-state index contributed by atoms with van der Waals surface area (Å²) in [5.74, 6) is 2.06. The number of methoxy groups -OCH3 is 2. The lowest BCUT2D eigenvalue weighted by Crippen LogP contribution is -2.07. The molecule has 1 amide bonds. The maximum atomic E-state index is 12.3. The molecule has 29 heavy (non-hydrogen) atoms. The van der Waals surface area contributed by atoms with Gasteiger partial charge in [-0.15, -0.1) is 11.3 Å². The van der Waals surface area contributed by atoms with Gasteiger partial charge in [0, 0.05) is 29.5 Å². The van der Waals surface area contributed by atoms with Crippen LogP contribution in [0.25, 0.3) is 17.3 Å². The second-order valence-corrected chi connectivity index (χ2v) is 7.25. The summed E-state index contributed by atoms with van der Waals surface area (Å²) < 4.78 is 16.2. The number of aromatic nitrogens is 1. The van der Waals surface area contributed by atoms with Gasteiger partial charge in [0.15, 0.2) is 5.13 Å². The number of hydrogen-bond acceptors (Lipinski definition) is 6. The topological polar surface area (TPSA) is 69.7 Å². The smallest absolute Gasteiger partial charge is 0.250 e. The lowest BCUT2D eigenvalue weighted by Gasteiger charge is -2.08. The zero-order chi connectivity index (χ0) is 20.2. The SMILES string of the molecule is COc1ccc(-c2csc(NC(=O)/C=C/c3ccc4c(c3)CCO4)n2)c(OC)c1. The molecule has 0 spiro atoms. The fraction of sp³-hybridized carbons (Fsp3) is 0.182. The van der Waals surface area contributed by atoms with E-state index in [1.54, 1.807) is 26.4 Å². The lowest BCUT2D eigenvalue weighted by molar-refractivity contribution is -0.111. The molecule has 4 rings (SSSR count). The maximum absolute atomic E-state index is 12.3. The minimum absolute atomic E-state index is 0.232. The van der Waals surface area contributed by atoms with Crippen molar-refractivity contribution in [3.8, 4) is 28.5 Å². The first-order chi connectivity index (χ1) is 14.2. The number of rotatable bonds is 6. The molecular weight excluding hydrogens is 388 g/mol. The van der Waals surface area contributed by atoms with Crippen molar-refractivity contribution < 1.29 is 19.0 Å². The zero-order valence-electron chi connectivity index (χ0n) is 16.1. The van der Waals surface area contributed by atoms with Crippen molar-refractivity contribution in [1.29, 1.82) is 0 Å². The summed E-state index contributed by atoms with van der Waals surface area (Å²) in [6.45, 7) is 0.717. The number of nitrogens with zero attached hydrogens (tertiary/aromatic N) is 1. The van der Waals surface area contributed by atoms with Crippen LogP contribution in [0.5, 0.6) is 17.2 Å². The van der Waals surface area contributed by atoms with E-state index in [1.165, 1.54) is 23.0 Å². The Balaban J connectivity index is 1.44. The molecule has 0 aliphatic carbocycles. The molecule has 1 aliphatic heterocycles. The Kier molecular flexibility index (Phi) is 5.48. The van der Waals surface area contributed by atoms with Gasteiger partial charge in [0.25, 0.3) is 0 Å². The van der Waals surface area contributed by atoms with Gasteiger partial charge in [-0.25, -0.2) is 4.98 Å². The molecule has 7 heteroatoms. The Bertz CT molecular complexity index is 1070. The Morgan fingerprint density at radius 2 is 2.10 bits per heavy atom. The minimum Gasteiger partial charge on any atom is -0.497 e. The van der Waals surface area contributed by atoms with Crippen molar-refractivity contribution in [3.63, 3.8) is 0 Å². The van der Waals surface area contributed by atoms with Gasteiger partial charge in [0.2, 0.25) is 5.91 Å². The number of carbonyl (C=O) groups is 1. The van der Waals surface area contributed by atoms with E-state index in [2.05, 4.69) is 10.3 Å². The molecule has 1 N–H and O–H groups in total. The van der Waals surface area contributed by atoms with E-state index in [0.717, 1.165) is 29.0 Å². The van der Waals surface area contributed by atoms with Crippen molar-refractivity contribution in [2.24, 2.45) is 0 Å². The first-order valence-corrected chi connectivity index (χ1v) is 9.97. The van der Waals surface area contributed by atoms with Crippen LogP contribution in [0.1, 0.15) is 11.1 Å². The van der Waals surface area contributed by atoms with E-state index >= 15 is 0 Å². The molecule has 0 unspecified atom stereocenters. The number of amides is 1. The Hall–Kier alpha value is -3.32. The molecule has 2 aromatic carbocycles. The van der Waals surface area contributed by atoms with Gasteiger partial charge in [-0.1, -0.05) is 6.07 Å². The van der Waals surface area contributed by atoms with Gasteiger partial charge in [0.05, 0.1) is 26.5 Å². The van der Waals surface area contributed by atoms with Gasteiger partial charge in [-0.05, 0) is 41.5 Å². The van der Waals surface area contributed by atoms with Crippen molar-refractivity contribution in [2.45, 2.75) is 6.42 Å². The number of anilines is 1. The fourth-order valence-corrected chi connectivity index (χ4v) is 3.81. The summed E-state index contributed by atoms with van der Waals surface area (Å²) in [7, 11) is 3.21. The van der Waals surface area contributed by atoms with Crippen LogP contribution in [0.15, 0.2) is 47.9 Å². The average molecular weight is 408 g/mol. The van der Waals surface area contributed by atoms with Crippen LogP contribution in [0.2, 0.25) is 0 Å². The number of thiazole rings is 1. The van der Waals surface area contributed by atoms with Gasteiger partial charge < -0.3 is 14.2 Å². The Morgan fingerprint density at radius 3 is 2.93 bits per heavy atom. The number of hydrogen-bond donors (Lipinski definition) is 1.